The molecule has 0 heterocycles. The van der Waals surface area contributed by atoms with Gasteiger partial charge < -0.3 is 14.6 Å². The molecule has 0 saturated heterocycles. The predicted molar refractivity (Wildman–Crippen MR) is 246 cm³/mol. The number of aliphatic hydroxyl groups is 1. The summed E-state index contributed by atoms with van der Waals surface area (Å²) in [5.41, 5.74) is 0. The fraction of sp³-hybridized carbons (Fsp3) is 0.731. The number of hydrogen-bond acceptors (Lipinski definition) is 5. The first-order chi connectivity index (χ1) is 28.1. The number of carbonyl (C=O) groups is 2. The molecule has 57 heavy (non-hydrogen) atoms. The predicted octanol–water partition coefficient (Wildman–Crippen LogP) is 15.7. The molecule has 0 radical (unpaired) electrons. The zero-order chi connectivity index (χ0) is 41.4. The van der Waals surface area contributed by atoms with E-state index >= 15 is 0 Å². The van der Waals surface area contributed by atoms with Gasteiger partial charge in [-0.2, -0.15) is 0 Å². The summed E-state index contributed by atoms with van der Waals surface area (Å²) in [6.45, 7) is 4.01. The molecule has 0 aliphatic rings. The second-order valence-corrected chi connectivity index (χ2v) is 15.8. The van der Waals surface area contributed by atoms with E-state index in [2.05, 4.69) is 86.8 Å². The first-order valence-corrected chi connectivity index (χ1v) is 24.0. The first-order valence-electron chi connectivity index (χ1n) is 24.0. The Morgan fingerprint density at radius 3 is 1.16 bits per heavy atom. The number of aliphatic hydroxyl groups excluding tert-OH is 1. The summed E-state index contributed by atoms with van der Waals surface area (Å²) in [7, 11) is 0. The van der Waals surface area contributed by atoms with E-state index in [9.17, 15) is 14.7 Å². The van der Waals surface area contributed by atoms with Crippen molar-refractivity contribution in [3.63, 3.8) is 0 Å². The van der Waals surface area contributed by atoms with Crippen molar-refractivity contribution in [2.24, 2.45) is 0 Å². The molecule has 0 aromatic rings. The van der Waals surface area contributed by atoms with Crippen LogP contribution in [-0.4, -0.2) is 36.4 Å². The molecule has 0 spiro atoms. The highest BCUT2D eigenvalue weighted by Crippen LogP contribution is 2.15. The van der Waals surface area contributed by atoms with Crippen molar-refractivity contribution in [3.8, 4) is 0 Å². The third kappa shape index (κ3) is 45.9. The van der Waals surface area contributed by atoms with Crippen LogP contribution in [0.2, 0.25) is 0 Å². The van der Waals surface area contributed by atoms with E-state index in [1.807, 2.05) is 0 Å². The Bertz CT molecular complexity index is 1040. The van der Waals surface area contributed by atoms with Gasteiger partial charge in [-0.05, 0) is 83.5 Å². The van der Waals surface area contributed by atoms with Crippen LogP contribution in [0.25, 0.3) is 0 Å². The second kappa shape index (κ2) is 47.7. The van der Waals surface area contributed by atoms with E-state index in [4.69, 9.17) is 9.47 Å². The van der Waals surface area contributed by atoms with Gasteiger partial charge in [0.25, 0.3) is 0 Å². The number of hydrogen-bond donors (Lipinski definition) is 1. The van der Waals surface area contributed by atoms with Gasteiger partial charge >= 0.3 is 11.9 Å². The van der Waals surface area contributed by atoms with E-state index in [1.54, 1.807) is 0 Å². The number of carbonyl (C=O) groups excluding carboxylic acids is 2. The molecule has 0 rings (SSSR count). The van der Waals surface area contributed by atoms with E-state index in [1.165, 1.54) is 122 Å². The lowest BCUT2D eigenvalue weighted by atomic mass is 10.0. The monoisotopic (exact) mass is 795 g/mol. The van der Waals surface area contributed by atoms with Crippen LogP contribution in [0.15, 0.2) is 72.9 Å². The Hall–Kier alpha value is -2.66. The van der Waals surface area contributed by atoms with Gasteiger partial charge in [0, 0.05) is 12.8 Å². The molecule has 5 nitrogen and oxygen atoms in total. The normalized spacial score (nSPS) is 12.8. The number of unbranched alkanes of at least 4 members (excludes halogenated alkanes) is 23. The van der Waals surface area contributed by atoms with Crippen LogP contribution in [-0.2, 0) is 19.1 Å². The summed E-state index contributed by atoms with van der Waals surface area (Å²) >= 11 is 0. The quantitative estimate of drug-likeness (QED) is 0.0378. The molecule has 0 amide bonds. The fourth-order valence-corrected chi connectivity index (χ4v) is 6.63. The van der Waals surface area contributed by atoms with Crippen LogP contribution in [0.3, 0.4) is 0 Å². The molecule has 0 saturated carbocycles. The lowest BCUT2D eigenvalue weighted by Crippen LogP contribution is -2.28. The van der Waals surface area contributed by atoms with E-state index in [0.29, 0.717) is 12.8 Å². The SMILES string of the molecule is CC/C=C\C/C=C\C/C=C\C/C=C\C/C=C\CCCCCCCCCCCCCCCC(=O)OC(CO)COC(=O)CCCCCCC/C=C\CCCCCCC. The second-order valence-electron chi connectivity index (χ2n) is 15.8. The van der Waals surface area contributed by atoms with Crippen molar-refractivity contribution >= 4 is 11.9 Å². The Kier molecular flexibility index (Phi) is 45.5. The molecule has 0 aliphatic heterocycles. The third-order valence-corrected chi connectivity index (χ3v) is 10.2. The minimum Gasteiger partial charge on any atom is -0.462 e. The van der Waals surface area contributed by atoms with Gasteiger partial charge in [0.15, 0.2) is 6.10 Å². The highest BCUT2D eigenvalue weighted by Gasteiger charge is 2.16. The average Bonchev–Trinajstić information content (AvgIpc) is 3.21. The number of ether oxygens (including phenoxy) is 2. The van der Waals surface area contributed by atoms with Gasteiger partial charge in [-0.3, -0.25) is 9.59 Å². The minimum absolute atomic E-state index is 0.0716. The van der Waals surface area contributed by atoms with Crippen LogP contribution >= 0.6 is 0 Å². The molecule has 0 aromatic heterocycles. The fourth-order valence-electron chi connectivity index (χ4n) is 6.63. The Morgan fingerprint density at radius 2 is 0.754 bits per heavy atom. The molecule has 0 bridgehead atoms. The van der Waals surface area contributed by atoms with E-state index in [-0.39, 0.29) is 25.2 Å². The number of rotatable bonds is 43. The molecular weight excluding hydrogens is 705 g/mol. The van der Waals surface area contributed by atoms with Gasteiger partial charge in [0.05, 0.1) is 6.61 Å². The summed E-state index contributed by atoms with van der Waals surface area (Å²) in [6, 6.07) is 0. The van der Waals surface area contributed by atoms with Crippen molar-refractivity contribution in [2.75, 3.05) is 13.2 Å². The zero-order valence-corrected chi connectivity index (χ0v) is 37.3. The van der Waals surface area contributed by atoms with Gasteiger partial charge in [0.2, 0.25) is 0 Å². The summed E-state index contributed by atoms with van der Waals surface area (Å²) in [5.74, 6) is -0.601. The van der Waals surface area contributed by atoms with Crippen LogP contribution < -0.4 is 0 Å². The maximum atomic E-state index is 12.2. The lowest BCUT2D eigenvalue weighted by molar-refractivity contribution is -0.161. The van der Waals surface area contributed by atoms with Crippen LogP contribution in [0.5, 0.6) is 0 Å². The molecule has 0 aromatic carbocycles. The largest absolute Gasteiger partial charge is 0.462 e. The highest BCUT2D eigenvalue weighted by molar-refractivity contribution is 5.70. The minimum atomic E-state index is -0.777. The summed E-state index contributed by atoms with van der Waals surface area (Å²) in [4.78, 5) is 24.4. The Labute approximate surface area is 353 Å². The summed E-state index contributed by atoms with van der Waals surface area (Å²) in [5, 5.41) is 9.60. The van der Waals surface area contributed by atoms with Crippen molar-refractivity contribution in [3.05, 3.63) is 72.9 Å². The molecule has 5 heteroatoms. The topological polar surface area (TPSA) is 72.8 Å². The van der Waals surface area contributed by atoms with Gasteiger partial charge in [-0.1, -0.05) is 202 Å². The Balaban J connectivity index is 3.52. The van der Waals surface area contributed by atoms with Crippen LogP contribution in [0.1, 0.15) is 226 Å². The van der Waals surface area contributed by atoms with Crippen molar-refractivity contribution in [2.45, 2.75) is 232 Å². The van der Waals surface area contributed by atoms with E-state index in [0.717, 1.165) is 77.0 Å². The molecule has 1 N–H and O–H groups in total. The van der Waals surface area contributed by atoms with Crippen molar-refractivity contribution in [1.29, 1.82) is 0 Å². The van der Waals surface area contributed by atoms with Crippen molar-refractivity contribution in [1.82, 2.24) is 0 Å². The summed E-state index contributed by atoms with van der Waals surface area (Å²) in [6.07, 6.45) is 64.2. The molecule has 0 fully saturated rings. The van der Waals surface area contributed by atoms with Gasteiger partial charge in [-0.25, -0.2) is 0 Å². The van der Waals surface area contributed by atoms with Gasteiger partial charge in [0.1, 0.15) is 6.61 Å². The van der Waals surface area contributed by atoms with Crippen molar-refractivity contribution < 1.29 is 24.2 Å². The third-order valence-electron chi connectivity index (χ3n) is 10.2. The summed E-state index contributed by atoms with van der Waals surface area (Å²) < 4.78 is 10.6. The molecular formula is C52H90O5. The Morgan fingerprint density at radius 1 is 0.421 bits per heavy atom. The highest BCUT2D eigenvalue weighted by atomic mass is 16.6. The zero-order valence-electron chi connectivity index (χ0n) is 37.3. The molecule has 1 atom stereocenters. The van der Waals surface area contributed by atoms with Gasteiger partial charge in [-0.15, -0.1) is 0 Å². The van der Waals surface area contributed by atoms with E-state index < -0.39 is 6.10 Å². The molecule has 0 aliphatic carbocycles. The maximum Gasteiger partial charge on any atom is 0.306 e. The molecule has 1 unspecified atom stereocenters. The number of esters is 2. The maximum absolute atomic E-state index is 12.2. The van der Waals surface area contributed by atoms with Crippen LogP contribution in [0.4, 0.5) is 0 Å². The standard InChI is InChI=1S/C52H90O5/c1-3-5-7-9-11-13-15-17-19-20-21-22-23-24-25-26-27-28-29-30-31-32-33-35-37-39-41-43-45-47-52(55)57-50(48-53)49-56-51(54)46-44-42-40-38-36-34-18-16-14-12-10-8-6-4-2/h5,7,11,13,16-19,21-22,24-25,50,53H,3-4,6,8-10,12,14-15,20,23,26-49H2,1-2H3/b7-5-,13-11-,18-16-,19-17-,22-21-,25-24-. The lowest BCUT2D eigenvalue weighted by Gasteiger charge is -2.15. The smallest absolute Gasteiger partial charge is 0.306 e. The average molecular weight is 795 g/mol. The first kappa shape index (κ1) is 54.3. The molecule has 328 valence electrons. The number of allylic oxidation sites excluding steroid dienone is 12. The van der Waals surface area contributed by atoms with Crippen LogP contribution in [0, 0.1) is 0 Å².